The SMILES string of the molecule is CCOc1ccccc1C(NC)C1CN2CCCC2CO1. The molecule has 4 heteroatoms. The van der Waals surface area contributed by atoms with Crippen molar-refractivity contribution in [3.8, 4) is 5.75 Å². The van der Waals surface area contributed by atoms with Gasteiger partial charge in [-0.3, -0.25) is 4.90 Å². The molecule has 2 heterocycles. The van der Waals surface area contributed by atoms with Crippen LogP contribution in [-0.4, -0.2) is 50.4 Å². The lowest BCUT2D eigenvalue weighted by Crippen LogP contribution is -2.50. The van der Waals surface area contributed by atoms with Gasteiger partial charge in [0.15, 0.2) is 0 Å². The van der Waals surface area contributed by atoms with Crippen LogP contribution in [0.2, 0.25) is 0 Å². The molecule has 0 radical (unpaired) electrons. The van der Waals surface area contributed by atoms with Crippen LogP contribution in [0.3, 0.4) is 0 Å². The van der Waals surface area contributed by atoms with Crippen LogP contribution in [0.4, 0.5) is 0 Å². The summed E-state index contributed by atoms with van der Waals surface area (Å²) in [6, 6.07) is 9.11. The smallest absolute Gasteiger partial charge is 0.124 e. The predicted octanol–water partition coefficient (Wildman–Crippen LogP) is 2.21. The van der Waals surface area contributed by atoms with E-state index in [0.717, 1.165) is 18.9 Å². The number of hydrogen-bond donors (Lipinski definition) is 1. The van der Waals surface area contributed by atoms with Gasteiger partial charge in [-0.2, -0.15) is 0 Å². The van der Waals surface area contributed by atoms with Gasteiger partial charge in [-0.1, -0.05) is 18.2 Å². The van der Waals surface area contributed by atoms with Crippen LogP contribution in [-0.2, 0) is 4.74 Å². The number of hydrogen-bond acceptors (Lipinski definition) is 4. The lowest BCUT2D eigenvalue weighted by Gasteiger charge is -2.39. The van der Waals surface area contributed by atoms with Gasteiger partial charge in [0.05, 0.1) is 25.4 Å². The molecule has 116 valence electrons. The number of likely N-dealkylation sites (N-methyl/N-ethyl adjacent to an activating group) is 1. The van der Waals surface area contributed by atoms with Crippen LogP contribution < -0.4 is 10.1 Å². The van der Waals surface area contributed by atoms with Crippen LogP contribution in [0.25, 0.3) is 0 Å². The largest absolute Gasteiger partial charge is 0.494 e. The Morgan fingerprint density at radius 3 is 3.10 bits per heavy atom. The van der Waals surface area contributed by atoms with Crippen molar-refractivity contribution in [2.45, 2.75) is 38.0 Å². The minimum atomic E-state index is 0.175. The molecule has 2 aliphatic rings. The van der Waals surface area contributed by atoms with Gasteiger partial charge in [0, 0.05) is 18.2 Å². The Morgan fingerprint density at radius 1 is 1.43 bits per heavy atom. The first kappa shape index (κ1) is 14.8. The highest BCUT2D eigenvalue weighted by Crippen LogP contribution is 2.32. The molecule has 0 bridgehead atoms. The summed E-state index contributed by atoms with van der Waals surface area (Å²) < 4.78 is 12.0. The van der Waals surface area contributed by atoms with Gasteiger partial charge >= 0.3 is 0 Å². The zero-order chi connectivity index (χ0) is 14.7. The second-order valence-corrected chi connectivity index (χ2v) is 5.90. The zero-order valence-electron chi connectivity index (χ0n) is 13.0. The number of nitrogens with one attached hydrogen (secondary N) is 1. The molecule has 3 rings (SSSR count). The fraction of sp³-hybridized carbons (Fsp3) is 0.647. The van der Waals surface area contributed by atoms with E-state index in [4.69, 9.17) is 9.47 Å². The van der Waals surface area contributed by atoms with Gasteiger partial charge in [0.1, 0.15) is 5.75 Å². The highest BCUT2D eigenvalue weighted by atomic mass is 16.5. The lowest BCUT2D eigenvalue weighted by molar-refractivity contribution is -0.0645. The van der Waals surface area contributed by atoms with Gasteiger partial charge in [-0.25, -0.2) is 0 Å². The van der Waals surface area contributed by atoms with E-state index >= 15 is 0 Å². The molecule has 21 heavy (non-hydrogen) atoms. The molecule has 3 unspecified atom stereocenters. The Balaban J connectivity index is 1.78. The van der Waals surface area contributed by atoms with Crippen molar-refractivity contribution in [3.63, 3.8) is 0 Å². The average Bonchev–Trinajstić information content (AvgIpc) is 2.98. The fourth-order valence-electron chi connectivity index (χ4n) is 3.61. The molecule has 0 aliphatic carbocycles. The maximum atomic E-state index is 6.17. The van der Waals surface area contributed by atoms with Crippen molar-refractivity contribution in [2.75, 3.05) is 33.4 Å². The number of rotatable bonds is 5. The quantitative estimate of drug-likeness (QED) is 0.901. The Kier molecular flexibility index (Phi) is 4.78. The molecule has 2 fully saturated rings. The summed E-state index contributed by atoms with van der Waals surface area (Å²) in [7, 11) is 2.01. The standard InChI is InChI=1S/C17H26N2O2/c1-3-20-15-9-5-4-8-14(15)17(18-2)16-11-19-10-6-7-13(19)12-21-16/h4-5,8-9,13,16-18H,3,6-7,10-12H2,1-2H3. The van der Waals surface area contributed by atoms with Crippen LogP contribution in [0.5, 0.6) is 5.75 Å². The number of benzene rings is 1. The molecule has 1 aromatic carbocycles. The van der Waals surface area contributed by atoms with Gasteiger partial charge in [0.2, 0.25) is 0 Å². The number of para-hydroxylation sites is 1. The molecule has 0 saturated carbocycles. The van der Waals surface area contributed by atoms with E-state index < -0.39 is 0 Å². The van der Waals surface area contributed by atoms with E-state index in [0.29, 0.717) is 12.6 Å². The van der Waals surface area contributed by atoms with Gasteiger partial charge < -0.3 is 14.8 Å². The van der Waals surface area contributed by atoms with Crippen molar-refractivity contribution >= 4 is 0 Å². The summed E-state index contributed by atoms with van der Waals surface area (Å²) in [6.45, 7) is 5.80. The Labute approximate surface area is 127 Å². The number of fused-ring (bicyclic) bond motifs is 1. The molecule has 1 N–H and O–H groups in total. The molecule has 2 aliphatic heterocycles. The molecular weight excluding hydrogens is 264 g/mol. The van der Waals surface area contributed by atoms with Crippen molar-refractivity contribution in [1.82, 2.24) is 10.2 Å². The van der Waals surface area contributed by atoms with Crippen LogP contribution in [0.15, 0.2) is 24.3 Å². The molecule has 4 nitrogen and oxygen atoms in total. The Morgan fingerprint density at radius 2 is 2.29 bits per heavy atom. The van der Waals surface area contributed by atoms with E-state index in [1.807, 2.05) is 26.1 Å². The summed E-state index contributed by atoms with van der Waals surface area (Å²) in [5, 5.41) is 3.44. The normalized spacial score (nSPS) is 27.3. The molecule has 3 atom stereocenters. The third-order valence-corrected chi connectivity index (χ3v) is 4.65. The third-order valence-electron chi connectivity index (χ3n) is 4.65. The van der Waals surface area contributed by atoms with Crippen molar-refractivity contribution in [2.24, 2.45) is 0 Å². The summed E-state index contributed by atoms with van der Waals surface area (Å²) in [5.74, 6) is 0.964. The first-order valence-electron chi connectivity index (χ1n) is 8.08. The fourth-order valence-corrected chi connectivity index (χ4v) is 3.61. The number of ether oxygens (including phenoxy) is 2. The Hall–Kier alpha value is -1.10. The van der Waals surface area contributed by atoms with Crippen LogP contribution in [0.1, 0.15) is 31.4 Å². The monoisotopic (exact) mass is 290 g/mol. The van der Waals surface area contributed by atoms with E-state index in [1.165, 1.54) is 24.9 Å². The highest BCUT2D eigenvalue weighted by Gasteiger charge is 2.36. The highest BCUT2D eigenvalue weighted by molar-refractivity contribution is 5.36. The lowest BCUT2D eigenvalue weighted by atomic mass is 9.98. The summed E-state index contributed by atoms with van der Waals surface area (Å²) in [4.78, 5) is 2.59. The molecular formula is C17H26N2O2. The van der Waals surface area contributed by atoms with Gasteiger partial charge in [-0.05, 0) is 39.4 Å². The Bertz CT molecular complexity index is 466. The zero-order valence-corrected chi connectivity index (χ0v) is 13.0. The van der Waals surface area contributed by atoms with Crippen molar-refractivity contribution < 1.29 is 9.47 Å². The first-order chi connectivity index (χ1) is 10.3. The van der Waals surface area contributed by atoms with Crippen molar-refractivity contribution in [3.05, 3.63) is 29.8 Å². The van der Waals surface area contributed by atoms with E-state index in [2.05, 4.69) is 22.3 Å². The van der Waals surface area contributed by atoms with Crippen LogP contribution >= 0.6 is 0 Å². The maximum absolute atomic E-state index is 6.17. The van der Waals surface area contributed by atoms with Crippen LogP contribution in [0, 0.1) is 0 Å². The van der Waals surface area contributed by atoms with Gasteiger partial charge in [-0.15, -0.1) is 0 Å². The molecule has 0 amide bonds. The third kappa shape index (κ3) is 3.07. The van der Waals surface area contributed by atoms with E-state index in [-0.39, 0.29) is 12.1 Å². The second kappa shape index (κ2) is 6.77. The summed E-state index contributed by atoms with van der Waals surface area (Å²) in [6.07, 6.45) is 2.78. The minimum Gasteiger partial charge on any atom is -0.494 e. The van der Waals surface area contributed by atoms with Gasteiger partial charge in [0.25, 0.3) is 0 Å². The number of morpholine rings is 1. The summed E-state index contributed by atoms with van der Waals surface area (Å²) in [5.41, 5.74) is 1.20. The summed E-state index contributed by atoms with van der Waals surface area (Å²) >= 11 is 0. The predicted molar refractivity (Wildman–Crippen MR) is 83.7 cm³/mol. The minimum absolute atomic E-state index is 0.175. The topological polar surface area (TPSA) is 33.7 Å². The molecule has 1 aromatic rings. The first-order valence-corrected chi connectivity index (χ1v) is 8.08. The molecule has 2 saturated heterocycles. The average molecular weight is 290 g/mol. The molecule has 0 spiro atoms. The molecule has 0 aromatic heterocycles. The van der Waals surface area contributed by atoms with Crippen molar-refractivity contribution in [1.29, 1.82) is 0 Å². The van der Waals surface area contributed by atoms with E-state index in [1.54, 1.807) is 0 Å². The number of nitrogens with zero attached hydrogens (tertiary/aromatic N) is 1. The maximum Gasteiger partial charge on any atom is 0.124 e. The van der Waals surface area contributed by atoms with E-state index in [9.17, 15) is 0 Å². The second-order valence-electron chi connectivity index (χ2n) is 5.90.